The van der Waals surface area contributed by atoms with Crippen LogP contribution in [0.3, 0.4) is 0 Å². The number of amides is 1. The third-order valence-electron chi connectivity index (χ3n) is 3.92. The second-order valence-electron chi connectivity index (χ2n) is 5.69. The van der Waals surface area contributed by atoms with E-state index in [9.17, 15) is 4.79 Å². The number of carbonyl (C=O) groups is 1. The standard InChI is InChI=1S/C18H16N2O2S/c21-18(13-5-2-1-3-6-13)20(15-8-9-15)12-14-11-16(22-19-14)17-7-4-10-23-17/h1-7,10-11,15H,8-9,12H2. The van der Waals surface area contributed by atoms with Crippen LogP contribution >= 0.6 is 11.3 Å². The molecule has 0 bridgehead atoms. The Balaban J connectivity index is 1.54. The Kier molecular flexibility index (Phi) is 3.71. The molecule has 116 valence electrons. The van der Waals surface area contributed by atoms with Crippen LogP contribution in [0.15, 0.2) is 58.4 Å². The molecule has 1 aromatic carbocycles. The Hall–Kier alpha value is -2.40. The third-order valence-corrected chi connectivity index (χ3v) is 4.81. The lowest BCUT2D eigenvalue weighted by atomic mass is 10.2. The normalized spacial score (nSPS) is 13.9. The Morgan fingerprint density at radius 3 is 2.74 bits per heavy atom. The fraction of sp³-hybridized carbons (Fsp3) is 0.222. The number of hydrogen-bond donors (Lipinski definition) is 0. The molecule has 0 saturated heterocycles. The van der Waals surface area contributed by atoms with Gasteiger partial charge in [0.1, 0.15) is 5.69 Å². The Morgan fingerprint density at radius 1 is 1.22 bits per heavy atom. The minimum atomic E-state index is 0.0637. The number of thiophene rings is 1. The highest BCUT2D eigenvalue weighted by molar-refractivity contribution is 7.13. The average molecular weight is 324 g/mol. The van der Waals surface area contributed by atoms with Crippen LogP contribution in [0.5, 0.6) is 0 Å². The van der Waals surface area contributed by atoms with E-state index in [0.717, 1.165) is 34.7 Å². The molecule has 5 heteroatoms. The maximum atomic E-state index is 12.7. The molecule has 3 aromatic rings. The lowest BCUT2D eigenvalue weighted by Crippen LogP contribution is -2.32. The summed E-state index contributed by atoms with van der Waals surface area (Å²) < 4.78 is 5.42. The summed E-state index contributed by atoms with van der Waals surface area (Å²) >= 11 is 1.62. The van der Waals surface area contributed by atoms with Crippen molar-refractivity contribution in [2.24, 2.45) is 0 Å². The van der Waals surface area contributed by atoms with Crippen molar-refractivity contribution in [1.82, 2.24) is 10.1 Å². The van der Waals surface area contributed by atoms with E-state index in [0.29, 0.717) is 12.6 Å². The van der Waals surface area contributed by atoms with Crippen LogP contribution in [0.4, 0.5) is 0 Å². The van der Waals surface area contributed by atoms with E-state index >= 15 is 0 Å². The van der Waals surface area contributed by atoms with Gasteiger partial charge in [-0.25, -0.2) is 0 Å². The summed E-state index contributed by atoms with van der Waals surface area (Å²) in [5.41, 5.74) is 1.52. The minimum Gasteiger partial charge on any atom is -0.355 e. The zero-order chi connectivity index (χ0) is 15.6. The van der Waals surface area contributed by atoms with Gasteiger partial charge in [-0.3, -0.25) is 4.79 Å². The number of aromatic nitrogens is 1. The molecule has 1 fully saturated rings. The largest absolute Gasteiger partial charge is 0.355 e. The smallest absolute Gasteiger partial charge is 0.254 e. The van der Waals surface area contributed by atoms with Crippen LogP contribution < -0.4 is 0 Å². The molecule has 0 spiro atoms. The molecule has 0 unspecified atom stereocenters. The van der Waals surface area contributed by atoms with Crippen molar-refractivity contribution in [3.63, 3.8) is 0 Å². The highest BCUT2D eigenvalue weighted by Crippen LogP contribution is 2.31. The Labute approximate surface area is 138 Å². The van der Waals surface area contributed by atoms with E-state index in [1.54, 1.807) is 11.3 Å². The van der Waals surface area contributed by atoms with Crippen molar-refractivity contribution in [2.45, 2.75) is 25.4 Å². The summed E-state index contributed by atoms with van der Waals surface area (Å²) in [6.45, 7) is 0.493. The summed E-state index contributed by atoms with van der Waals surface area (Å²) in [5, 5.41) is 6.14. The molecule has 4 nitrogen and oxygen atoms in total. The molecule has 1 aliphatic rings. The quantitative estimate of drug-likeness (QED) is 0.706. The van der Waals surface area contributed by atoms with Gasteiger partial charge in [0.15, 0.2) is 5.76 Å². The molecule has 1 amide bonds. The first kappa shape index (κ1) is 14.2. The number of rotatable bonds is 5. The zero-order valence-electron chi connectivity index (χ0n) is 12.5. The molecule has 2 heterocycles. The van der Waals surface area contributed by atoms with Crippen LogP contribution in [0.1, 0.15) is 28.9 Å². The predicted molar refractivity (Wildman–Crippen MR) is 89.2 cm³/mol. The first-order chi connectivity index (χ1) is 11.3. The van der Waals surface area contributed by atoms with Crippen LogP contribution in [0.2, 0.25) is 0 Å². The lowest BCUT2D eigenvalue weighted by Gasteiger charge is -2.21. The average Bonchev–Trinajstić information content (AvgIpc) is 3.10. The highest BCUT2D eigenvalue weighted by atomic mass is 32.1. The minimum absolute atomic E-state index is 0.0637. The van der Waals surface area contributed by atoms with Gasteiger partial charge in [-0.1, -0.05) is 29.4 Å². The van der Waals surface area contributed by atoms with E-state index < -0.39 is 0 Å². The van der Waals surface area contributed by atoms with Crippen molar-refractivity contribution in [3.05, 3.63) is 65.2 Å². The second-order valence-corrected chi connectivity index (χ2v) is 6.64. The molecule has 23 heavy (non-hydrogen) atoms. The van der Waals surface area contributed by atoms with Gasteiger partial charge in [0.05, 0.1) is 11.4 Å². The molecule has 2 aromatic heterocycles. The van der Waals surface area contributed by atoms with Gasteiger partial charge < -0.3 is 9.42 Å². The Bertz CT molecular complexity index is 792. The summed E-state index contributed by atoms with van der Waals surface area (Å²) in [5.74, 6) is 0.826. The summed E-state index contributed by atoms with van der Waals surface area (Å²) in [4.78, 5) is 15.7. The molecule has 0 atom stereocenters. The fourth-order valence-corrected chi connectivity index (χ4v) is 3.27. The first-order valence-electron chi connectivity index (χ1n) is 7.67. The van der Waals surface area contributed by atoms with Crippen LogP contribution in [0, 0.1) is 0 Å². The topological polar surface area (TPSA) is 46.3 Å². The molecule has 0 aliphatic heterocycles. The van der Waals surface area contributed by atoms with E-state index in [1.165, 1.54) is 0 Å². The van der Waals surface area contributed by atoms with E-state index in [-0.39, 0.29) is 5.91 Å². The van der Waals surface area contributed by atoms with Gasteiger partial charge in [-0.05, 0) is 36.4 Å². The maximum Gasteiger partial charge on any atom is 0.254 e. The van der Waals surface area contributed by atoms with E-state index in [4.69, 9.17) is 4.52 Å². The predicted octanol–water partition coefficient (Wildman–Crippen LogP) is 4.21. The number of carbonyl (C=O) groups excluding carboxylic acids is 1. The second kappa shape index (κ2) is 6.01. The molecule has 0 N–H and O–H groups in total. The van der Waals surface area contributed by atoms with Crippen molar-refractivity contribution < 1.29 is 9.32 Å². The van der Waals surface area contributed by atoms with Crippen LogP contribution in [0.25, 0.3) is 10.6 Å². The van der Waals surface area contributed by atoms with Crippen molar-refractivity contribution in [2.75, 3.05) is 0 Å². The molecule has 1 saturated carbocycles. The van der Waals surface area contributed by atoms with Gasteiger partial charge in [0.25, 0.3) is 5.91 Å². The molecule has 1 aliphatic carbocycles. The Morgan fingerprint density at radius 2 is 2.04 bits per heavy atom. The van der Waals surface area contributed by atoms with Gasteiger partial charge in [0, 0.05) is 17.7 Å². The summed E-state index contributed by atoms with van der Waals surface area (Å²) in [6, 6.07) is 15.7. The maximum absolute atomic E-state index is 12.7. The SMILES string of the molecule is O=C(c1ccccc1)N(Cc1cc(-c2cccs2)on1)C1CC1. The van der Waals surface area contributed by atoms with Gasteiger partial charge in [-0.15, -0.1) is 11.3 Å². The van der Waals surface area contributed by atoms with Gasteiger partial charge in [-0.2, -0.15) is 0 Å². The number of hydrogen-bond acceptors (Lipinski definition) is 4. The molecular formula is C18H16N2O2S. The fourth-order valence-electron chi connectivity index (χ4n) is 2.60. The van der Waals surface area contributed by atoms with E-state index in [1.807, 2.05) is 58.8 Å². The molecular weight excluding hydrogens is 308 g/mol. The summed E-state index contributed by atoms with van der Waals surface area (Å²) in [7, 11) is 0. The lowest BCUT2D eigenvalue weighted by molar-refractivity contribution is 0.0726. The van der Waals surface area contributed by atoms with Gasteiger partial charge >= 0.3 is 0 Å². The number of nitrogens with zero attached hydrogens (tertiary/aromatic N) is 2. The van der Waals surface area contributed by atoms with Gasteiger partial charge in [0.2, 0.25) is 0 Å². The zero-order valence-corrected chi connectivity index (χ0v) is 13.3. The van der Waals surface area contributed by atoms with Crippen molar-refractivity contribution in [3.8, 4) is 10.6 Å². The third kappa shape index (κ3) is 3.05. The van der Waals surface area contributed by atoms with E-state index in [2.05, 4.69) is 5.16 Å². The van der Waals surface area contributed by atoms with Crippen molar-refractivity contribution >= 4 is 17.2 Å². The van der Waals surface area contributed by atoms with Crippen LogP contribution in [-0.4, -0.2) is 22.0 Å². The first-order valence-corrected chi connectivity index (χ1v) is 8.55. The monoisotopic (exact) mass is 324 g/mol. The summed E-state index contributed by atoms with van der Waals surface area (Å²) in [6.07, 6.45) is 2.13. The molecule has 0 radical (unpaired) electrons. The highest BCUT2D eigenvalue weighted by Gasteiger charge is 2.33. The van der Waals surface area contributed by atoms with Crippen molar-refractivity contribution in [1.29, 1.82) is 0 Å². The van der Waals surface area contributed by atoms with Crippen LogP contribution in [-0.2, 0) is 6.54 Å². The number of benzene rings is 1. The molecule has 4 rings (SSSR count).